The van der Waals surface area contributed by atoms with Crippen molar-refractivity contribution < 1.29 is 23.9 Å². The number of pyridine rings is 1. The minimum atomic E-state index is -0.897. The quantitative estimate of drug-likeness (QED) is 0.585. The molecule has 1 unspecified atom stereocenters. The molecule has 1 aliphatic rings. The highest BCUT2D eigenvalue weighted by Crippen LogP contribution is 2.27. The number of fused-ring (bicyclic) bond motifs is 2. The largest absolute Gasteiger partial charge is 0.487 e. The molecule has 3 aromatic rings. The van der Waals surface area contributed by atoms with E-state index in [0.29, 0.717) is 23.4 Å². The summed E-state index contributed by atoms with van der Waals surface area (Å²) in [6.45, 7) is 3.69. The molecule has 34 heavy (non-hydrogen) atoms. The molecule has 8 heteroatoms. The van der Waals surface area contributed by atoms with Crippen LogP contribution in [-0.2, 0) is 9.59 Å². The van der Waals surface area contributed by atoms with Crippen LogP contribution in [-0.4, -0.2) is 47.9 Å². The van der Waals surface area contributed by atoms with Gasteiger partial charge in [-0.25, -0.2) is 4.98 Å². The minimum Gasteiger partial charge on any atom is -0.487 e. The van der Waals surface area contributed by atoms with Crippen LogP contribution in [0, 0.1) is 5.92 Å². The molecule has 0 fully saturated rings. The number of nitrogens with one attached hydrogen (secondary N) is 2. The summed E-state index contributed by atoms with van der Waals surface area (Å²) in [5.74, 6) is -0.117. The monoisotopic (exact) mass is 461 g/mol. The summed E-state index contributed by atoms with van der Waals surface area (Å²) in [6.07, 6.45) is 0.395. The van der Waals surface area contributed by atoms with Crippen LogP contribution in [0.2, 0.25) is 0 Å². The van der Waals surface area contributed by atoms with Gasteiger partial charge in [0.25, 0.3) is 5.91 Å². The molecule has 2 amide bonds. The molecule has 2 aromatic carbocycles. The molecule has 2 N–H and O–H groups in total. The van der Waals surface area contributed by atoms with E-state index in [2.05, 4.69) is 15.6 Å². The van der Waals surface area contributed by atoms with E-state index in [4.69, 9.17) is 9.47 Å². The molecule has 0 saturated carbocycles. The third-order valence-corrected chi connectivity index (χ3v) is 5.49. The van der Waals surface area contributed by atoms with Crippen LogP contribution >= 0.6 is 0 Å². The first-order chi connectivity index (χ1) is 16.4. The van der Waals surface area contributed by atoms with Gasteiger partial charge in [-0.15, -0.1) is 0 Å². The van der Waals surface area contributed by atoms with Crippen molar-refractivity contribution in [3.05, 3.63) is 66.4 Å². The Morgan fingerprint density at radius 2 is 1.71 bits per heavy atom. The second-order valence-corrected chi connectivity index (χ2v) is 8.62. The average molecular weight is 462 g/mol. The molecule has 2 heterocycles. The van der Waals surface area contributed by atoms with Gasteiger partial charge in [0.2, 0.25) is 5.91 Å². The molecule has 4 rings (SSSR count). The van der Waals surface area contributed by atoms with E-state index >= 15 is 0 Å². The van der Waals surface area contributed by atoms with Gasteiger partial charge >= 0.3 is 0 Å². The fraction of sp³-hybridized carbons (Fsp3) is 0.308. The van der Waals surface area contributed by atoms with Gasteiger partial charge in [-0.2, -0.15) is 0 Å². The zero-order chi connectivity index (χ0) is 24.1. The van der Waals surface area contributed by atoms with E-state index in [1.54, 1.807) is 30.3 Å². The van der Waals surface area contributed by atoms with Gasteiger partial charge in [-0.1, -0.05) is 50.2 Å². The molecular formula is C26H27N3O5. The molecule has 0 spiro atoms. The second kappa shape index (κ2) is 10.3. The molecule has 1 aliphatic heterocycles. The fourth-order valence-corrected chi connectivity index (χ4v) is 3.73. The van der Waals surface area contributed by atoms with E-state index in [0.717, 1.165) is 5.39 Å². The highest BCUT2D eigenvalue weighted by atomic mass is 16.5. The lowest BCUT2D eigenvalue weighted by molar-refractivity contribution is -0.131. The first kappa shape index (κ1) is 23.2. The lowest BCUT2D eigenvalue weighted by Crippen LogP contribution is -2.54. The zero-order valence-corrected chi connectivity index (χ0v) is 19.1. The van der Waals surface area contributed by atoms with Crippen molar-refractivity contribution in [3.63, 3.8) is 0 Å². The number of benzene rings is 2. The molecule has 1 aromatic heterocycles. The smallest absolute Gasteiger partial charge is 0.270 e. The molecule has 0 bridgehead atoms. The molecular weight excluding hydrogens is 434 g/mol. The summed E-state index contributed by atoms with van der Waals surface area (Å²) in [4.78, 5) is 43.0. The molecule has 176 valence electrons. The topological polar surface area (TPSA) is 107 Å². The lowest BCUT2D eigenvalue weighted by Gasteiger charge is -2.26. The Morgan fingerprint density at radius 1 is 1.00 bits per heavy atom. The third-order valence-electron chi connectivity index (χ3n) is 5.49. The number of hydrogen-bond donors (Lipinski definition) is 2. The number of nitrogens with zero attached hydrogens (tertiary/aromatic N) is 1. The van der Waals surface area contributed by atoms with Gasteiger partial charge in [-0.3, -0.25) is 14.4 Å². The van der Waals surface area contributed by atoms with Gasteiger partial charge in [0, 0.05) is 5.39 Å². The highest BCUT2D eigenvalue weighted by Gasteiger charge is 2.30. The Bertz CT molecular complexity index is 1210. The Labute approximate surface area is 197 Å². The fourth-order valence-electron chi connectivity index (χ4n) is 3.73. The van der Waals surface area contributed by atoms with Crippen molar-refractivity contribution in [3.8, 4) is 11.5 Å². The molecule has 0 aliphatic carbocycles. The summed E-state index contributed by atoms with van der Waals surface area (Å²) < 4.78 is 11.2. The maximum Gasteiger partial charge on any atom is 0.270 e. The number of ketones is 1. The Balaban J connectivity index is 1.46. The lowest BCUT2D eigenvalue weighted by atomic mass is 10.0. The summed E-state index contributed by atoms with van der Waals surface area (Å²) in [6, 6.07) is 16.2. The Morgan fingerprint density at radius 3 is 2.47 bits per heavy atom. The predicted octanol–water partition coefficient (Wildman–Crippen LogP) is 2.90. The summed E-state index contributed by atoms with van der Waals surface area (Å²) in [5, 5.41) is 6.43. The van der Waals surface area contributed by atoms with Gasteiger partial charge in [-0.05, 0) is 36.6 Å². The average Bonchev–Trinajstić information content (AvgIpc) is 2.83. The van der Waals surface area contributed by atoms with Crippen LogP contribution in [0.15, 0.2) is 60.7 Å². The number of rotatable bonds is 6. The number of hydrogen-bond acceptors (Lipinski definition) is 6. The van der Waals surface area contributed by atoms with Crippen LogP contribution in [0.4, 0.5) is 0 Å². The number of Topliss-reactive ketones (excluding diaryl/α,β-unsaturated/α-hetero) is 1. The molecule has 2 atom stereocenters. The van der Waals surface area contributed by atoms with Crippen LogP contribution in [0.5, 0.6) is 11.5 Å². The van der Waals surface area contributed by atoms with Crippen molar-refractivity contribution >= 4 is 28.5 Å². The number of para-hydroxylation sites is 3. The Kier molecular flexibility index (Phi) is 7.06. The first-order valence-electron chi connectivity index (χ1n) is 11.2. The van der Waals surface area contributed by atoms with E-state index < -0.39 is 23.9 Å². The predicted molar refractivity (Wildman–Crippen MR) is 127 cm³/mol. The summed E-state index contributed by atoms with van der Waals surface area (Å²) in [5.41, 5.74) is 0.910. The normalized spacial score (nSPS) is 16.4. The van der Waals surface area contributed by atoms with Crippen LogP contribution in [0.25, 0.3) is 10.9 Å². The maximum absolute atomic E-state index is 13.1. The van der Waals surface area contributed by atoms with E-state index in [1.807, 2.05) is 44.2 Å². The molecule has 8 nitrogen and oxygen atoms in total. The number of carbonyl (C=O) groups is 3. The Hall–Kier alpha value is -3.94. The molecule has 0 radical (unpaired) electrons. The number of aromatic nitrogens is 1. The summed E-state index contributed by atoms with van der Waals surface area (Å²) in [7, 11) is 0. The van der Waals surface area contributed by atoms with Crippen molar-refractivity contribution in [1.29, 1.82) is 0 Å². The SMILES string of the molecule is CC(C)C[C@H](NC(=O)c1ccc2ccccc2n1)C(=O)NC1COc2ccccc2OCC1=O. The van der Waals surface area contributed by atoms with Gasteiger partial charge in [0.1, 0.15) is 31.0 Å². The van der Waals surface area contributed by atoms with Crippen molar-refractivity contribution in [2.45, 2.75) is 32.4 Å². The first-order valence-corrected chi connectivity index (χ1v) is 11.2. The van der Waals surface area contributed by atoms with Gasteiger partial charge in [0.15, 0.2) is 17.3 Å². The van der Waals surface area contributed by atoms with Gasteiger partial charge in [0.05, 0.1) is 5.52 Å². The van der Waals surface area contributed by atoms with E-state index in [1.165, 1.54) is 0 Å². The highest BCUT2D eigenvalue weighted by molar-refractivity contribution is 5.99. The maximum atomic E-state index is 13.1. The third kappa shape index (κ3) is 5.51. The van der Waals surface area contributed by atoms with Gasteiger partial charge < -0.3 is 20.1 Å². The van der Waals surface area contributed by atoms with Crippen molar-refractivity contribution in [2.24, 2.45) is 5.92 Å². The van der Waals surface area contributed by atoms with Crippen molar-refractivity contribution in [1.82, 2.24) is 15.6 Å². The van der Waals surface area contributed by atoms with Crippen molar-refractivity contribution in [2.75, 3.05) is 13.2 Å². The molecule has 0 saturated heterocycles. The second-order valence-electron chi connectivity index (χ2n) is 8.62. The number of ether oxygens (including phenoxy) is 2. The summed E-state index contributed by atoms with van der Waals surface area (Å²) >= 11 is 0. The van der Waals surface area contributed by atoms with Crippen LogP contribution in [0.3, 0.4) is 0 Å². The zero-order valence-electron chi connectivity index (χ0n) is 19.1. The number of amides is 2. The van der Waals surface area contributed by atoms with Crippen LogP contribution in [0.1, 0.15) is 30.8 Å². The number of carbonyl (C=O) groups excluding carboxylic acids is 3. The minimum absolute atomic E-state index is 0.0283. The standard InChI is InChI=1S/C26H27N3O5/c1-16(2)13-20(28-25(31)19-12-11-17-7-3-4-8-18(17)27-19)26(32)29-21-14-33-23-9-5-6-10-24(23)34-15-22(21)30/h3-12,16,20-21H,13-15H2,1-2H3,(H,28,31)(H,29,32)/t20-,21?/m0/s1. The van der Waals surface area contributed by atoms with E-state index in [9.17, 15) is 14.4 Å². The van der Waals surface area contributed by atoms with E-state index in [-0.39, 0.29) is 30.6 Å². The van der Waals surface area contributed by atoms with Crippen LogP contribution < -0.4 is 20.1 Å².